The van der Waals surface area contributed by atoms with Crippen molar-refractivity contribution in [3.8, 4) is 5.75 Å². The monoisotopic (exact) mass is 213 g/mol. The Balaban J connectivity index is 2.43. The van der Waals surface area contributed by atoms with E-state index in [0.29, 0.717) is 6.61 Å². The number of benzene rings is 1. The number of rotatable bonds is 0. The van der Waals surface area contributed by atoms with Crippen molar-refractivity contribution in [1.82, 2.24) is 0 Å². The van der Waals surface area contributed by atoms with Crippen LogP contribution in [0, 0.1) is 6.07 Å². The Labute approximate surface area is 73.2 Å². The minimum atomic E-state index is 0.616. The van der Waals surface area contributed by atoms with E-state index in [0.717, 1.165) is 22.2 Å². The zero-order valence-electron chi connectivity index (χ0n) is 5.76. The van der Waals surface area contributed by atoms with Crippen LogP contribution in [0.2, 0.25) is 0 Å². The summed E-state index contributed by atoms with van der Waals surface area (Å²) in [7, 11) is 0. The number of hydrogen-bond donors (Lipinski definition) is 0. The SMILES string of the molecule is Brc1c[c]c2c(c1)OOCC2. The largest absolute Gasteiger partial charge is 0.337 e. The van der Waals surface area contributed by atoms with Crippen LogP contribution in [0.5, 0.6) is 5.75 Å². The van der Waals surface area contributed by atoms with E-state index < -0.39 is 0 Å². The highest BCUT2D eigenvalue weighted by molar-refractivity contribution is 9.10. The van der Waals surface area contributed by atoms with Crippen LogP contribution in [0.25, 0.3) is 0 Å². The maximum absolute atomic E-state index is 4.94. The Hall–Kier alpha value is -0.540. The van der Waals surface area contributed by atoms with Crippen LogP contribution in [-0.4, -0.2) is 6.61 Å². The second kappa shape index (κ2) is 2.83. The lowest BCUT2D eigenvalue weighted by atomic mass is 10.1. The second-order valence-corrected chi connectivity index (χ2v) is 3.23. The van der Waals surface area contributed by atoms with Crippen LogP contribution in [0.15, 0.2) is 16.6 Å². The van der Waals surface area contributed by atoms with Crippen molar-refractivity contribution in [2.45, 2.75) is 6.42 Å². The molecule has 0 aliphatic carbocycles. The first-order valence-corrected chi connectivity index (χ1v) is 4.15. The Bertz CT molecular complexity index is 273. The van der Waals surface area contributed by atoms with Crippen molar-refractivity contribution < 1.29 is 9.78 Å². The van der Waals surface area contributed by atoms with Gasteiger partial charge in [0, 0.05) is 16.5 Å². The highest BCUT2D eigenvalue weighted by Crippen LogP contribution is 2.26. The molecule has 1 aromatic rings. The molecule has 1 aliphatic rings. The molecule has 0 saturated carbocycles. The van der Waals surface area contributed by atoms with Gasteiger partial charge in [0.15, 0.2) is 5.75 Å². The summed E-state index contributed by atoms with van der Waals surface area (Å²) >= 11 is 3.32. The van der Waals surface area contributed by atoms with E-state index in [1.165, 1.54) is 0 Å². The molecule has 57 valence electrons. The highest BCUT2D eigenvalue weighted by atomic mass is 79.9. The van der Waals surface area contributed by atoms with E-state index in [-0.39, 0.29) is 0 Å². The fourth-order valence-corrected chi connectivity index (χ4v) is 1.32. The molecule has 0 spiro atoms. The van der Waals surface area contributed by atoms with Crippen LogP contribution in [0.4, 0.5) is 0 Å². The minimum Gasteiger partial charge on any atom is -0.337 e. The van der Waals surface area contributed by atoms with Gasteiger partial charge in [-0.05, 0) is 18.2 Å². The van der Waals surface area contributed by atoms with Crippen LogP contribution in [0.1, 0.15) is 5.56 Å². The summed E-state index contributed by atoms with van der Waals surface area (Å²) < 4.78 is 0.960. The summed E-state index contributed by atoms with van der Waals surface area (Å²) in [6, 6.07) is 6.87. The van der Waals surface area contributed by atoms with Gasteiger partial charge in [0.2, 0.25) is 0 Å². The van der Waals surface area contributed by atoms with Crippen molar-refractivity contribution in [2.24, 2.45) is 0 Å². The minimum absolute atomic E-state index is 0.616. The first-order chi connectivity index (χ1) is 5.36. The standard InChI is InChI=1S/C8H6BrO2/c9-7-2-1-6-3-4-10-11-8(6)5-7/h2,5H,3-4H2. The van der Waals surface area contributed by atoms with Crippen molar-refractivity contribution >= 4 is 15.9 Å². The van der Waals surface area contributed by atoms with Gasteiger partial charge in [-0.3, -0.25) is 0 Å². The van der Waals surface area contributed by atoms with Gasteiger partial charge in [-0.15, -0.1) is 0 Å². The van der Waals surface area contributed by atoms with E-state index in [9.17, 15) is 0 Å². The first kappa shape index (κ1) is 7.13. The molecule has 1 heterocycles. The van der Waals surface area contributed by atoms with E-state index in [1.54, 1.807) is 0 Å². The number of fused-ring (bicyclic) bond motifs is 1. The van der Waals surface area contributed by atoms with E-state index in [4.69, 9.17) is 9.78 Å². The van der Waals surface area contributed by atoms with Crippen molar-refractivity contribution in [2.75, 3.05) is 6.61 Å². The zero-order valence-corrected chi connectivity index (χ0v) is 7.35. The fourth-order valence-electron chi connectivity index (χ4n) is 1.000. The Morgan fingerprint density at radius 1 is 1.55 bits per heavy atom. The lowest BCUT2D eigenvalue weighted by Crippen LogP contribution is -2.10. The molecule has 11 heavy (non-hydrogen) atoms. The Morgan fingerprint density at radius 3 is 3.36 bits per heavy atom. The normalized spacial score (nSPS) is 15.4. The van der Waals surface area contributed by atoms with Crippen LogP contribution < -0.4 is 4.89 Å². The van der Waals surface area contributed by atoms with E-state index in [1.807, 2.05) is 12.1 Å². The van der Waals surface area contributed by atoms with E-state index in [2.05, 4.69) is 22.0 Å². The molecule has 0 aromatic heterocycles. The molecule has 0 saturated heterocycles. The third-order valence-corrected chi connectivity index (χ3v) is 1.99. The second-order valence-electron chi connectivity index (χ2n) is 2.32. The molecule has 1 radical (unpaired) electrons. The summed E-state index contributed by atoms with van der Waals surface area (Å²) in [4.78, 5) is 9.75. The number of hydrogen-bond acceptors (Lipinski definition) is 2. The van der Waals surface area contributed by atoms with Crippen molar-refractivity contribution in [1.29, 1.82) is 0 Å². The fraction of sp³-hybridized carbons (Fsp3) is 0.250. The molecule has 0 amide bonds. The molecule has 0 unspecified atom stereocenters. The van der Waals surface area contributed by atoms with Gasteiger partial charge < -0.3 is 4.89 Å². The zero-order chi connectivity index (χ0) is 7.68. The molecular formula is C8H6BrO2. The van der Waals surface area contributed by atoms with Crippen molar-refractivity contribution in [3.05, 3.63) is 28.2 Å². The van der Waals surface area contributed by atoms with Gasteiger partial charge in [0.05, 0.1) is 6.61 Å². The lowest BCUT2D eigenvalue weighted by Gasteiger charge is -2.14. The van der Waals surface area contributed by atoms with Crippen molar-refractivity contribution in [3.63, 3.8) is 0 Å². The third-order valence-electron chi connectivity index (χ3n) is 1.53. The molecule has 0 bridgehead atoms. The molecule has 0 N–H and O–H groups in total. The van der Waals surface area contributed by atoms with Gasteiger partial charge in [-0.2, -0.15) is 4.89 Å². The van der Waals surface area contributed by atoms with Gasteiger partial charge >= 0.3 is 0 Å². The summed E-state index contributed by atoms with van der Waals surface area (Å²) in [5, 5.41) is 0. The average molecular weight is 214 g/mol. The third kappa shape index (κ3) is 1.39. The average Bonchev–Trinajstić information content (AvgIpc) is 2.04. The van der Waals surface area contributed by atoms with Gasteiger partial charge in [-0.25, -0.2) is 0 Å². The summed E-state index contributed by atoms with van der Waals surface area (Å²) in [6.07, 6.45) is 0.878. The Morgan fingerprint density at radius 2 is 2.45 bits per heavy atom. The predicted molar refractivity (Wildman–Crippen MR) is 43.3 cm³/mol. The molecule has 2 rings (SSSR count). The van der Waals surface area contributed by atoms with Gasteiger partial charge in [-0.1, -0.05) is 15.9 Å². The Kier molecular flexibility index (Phi) is 1.84. The van der Waals surface area contributed by atoms with Crippen LogP contribution >= 0.6 is 15.9 Å². The van der Waals surface area contributed by atoms with E-state index >= 15 is 0 Å². The highest BCUT2D eigenvalue weighted by Gasteiger charge is 2.10. The summed E-state index contributed by atoms with van der Waals surface area (Å²) in [6.45, 7) is 0.616. The quantitative estimate of drug-likeness (QED) is 0.615. The molecule has 1 aliphatic heterocycles. The molecule has 2 nitrogen and oxygen atoms in total. The number of halogens is 1. The summed E-state index contributed by atoms with van der Waals surface area (Å²) in [5.74, 6) is 0.769. The molecule has 0 fully saturated rings. The maximum Gasteiger partial charge on any atom is 0.170 e. The van der Waals surface area contributed by atoms with Crippen LogP contribution in [0.3, 0.4) is 0 Å². The summed E-state index contributed by atoms with van der Waals surface area (Å²) in [5.41, 5.74) is 1.08. The van der Waals surface area contributed by atoms with Crippen LogP contribution in [-0.2, 0) is 11.3 Å². The van der Waals surface area contributed by atoms with Gasteiger partial charge in [0.25, 0.3) is 0 Å². The first-order valence-electron chi connectivity index (χ1n) is 3.36. The smallest absolute Gasteiger partial charge is 0.170 e. The topological polar surface area (TPSA) is 18.5 Å². The molecule has 1 aromatic carbocycles. The maximum atomic E-state index is 4.94. The van der Waals surface area contributed by atoms with Gasteiger partial charge in [0.1, 0.15) is 0 Å². The molecule has 0 atom stereocenters. The lowest BCUT2D eigenvalue weighted by molar-refractivity contribution is -0.215. The molecular weight excluding hydrogens is 208 g/mol. The molecule has 3 heteroatoms. The predicted octanol–water partition coefficient (Wildman–Crippen LogP) is 2.12.